The molecule has 0 unspecified atom stereocenters. The van der Waals surface area contributed by atoms with Crippen LogP contribution in [0.3, 0.4) is 0 Å². The molecule has 0 aromatic carbocycles. The molecular formula is C4H8ClLiO4. The fourth-order valence-corrected chi connectivity index (χ4v) is 0.214. The third-order valence-electron chi connectivity index (χ3n) is 0.553. The van der Waals surface area contributed by atoms with Crippen LogP contribution in [0.5, 0.6) is 0 Å². The van der Waals surface area contributed by atoms with Crippen molar-refractivity contribution in [3.05, 3.63) is 0 Å². The zero-order valence-electron chi connectivity index (χ0n) is 6.53. The summed E-state index contributed by atoms with van der Waals surface area (Å²) in [6, 6.07) is 0. The average molecular weight is 162 g/mol. The number of carbonyl (C=O) groups is 2. The minimum Gasteiger partial charge on any atom is -1.00 e. The predicted octanol–water partition coefficient (Wildman–Crippen LogP) is -2.53. The molecule has 0 saturated heterocycles. The van der Waals surface area contributed by atoms with Gasteiger partial charge in [0.05, 0.1) is 12.8 Å². The van der Waals surface area contributed by atoms with E-state index in [1.807, 2.05) is 0 Å². The zero-order valence-corrected chi connectivity index (χ0v) is 6.35. The van der Waals surface area contributed by atoms with Gasteiger partial charge in [0, 0.05) is 0 Å². The molecule has 6 heteroatoms. The second kappa shape index (κ2) is 8.83. The van der Waals surface area contributed by atoms with Gasteiger partial charge in [-0.3, -0.25) is 9.59 Å². The summed E-state index contributed by atoms with van der Waals surface area (Å²) < 4.78 is 0. The quantitative estimate of drug-likeness (QED) is 0.449. The summed E-state index contributed by atoms with van der Waals surface area (Å²) in [4.78, 5) is 19.3. The number of aliphatic carboxylic acids is 2. The molecule has 0 heterocycles. The molecule has 0 saturated carbocycles. The van der Waals surface area contributed by atoms with Crippen LogP contribution in [0.15, 0.2) is 0 Å². The Morgan fingerprint density at radius 2 is 1.30 bits per heavy atom. The maximum absolute atomic E-state index is 9.64. The van der Waals surface area contributed by atoms with Crippen LogP contribution in [0.25, 0.3) is 0 Å². The Morgan fingerprint density at radius 1 is 1.10 bits per heavy atom. The molecule has 0 aliphatic rings. The Hall–Kier alpha value is -0.173. The standard InChI is InChI=1S/C4H6O4.ClH.Li.H/c5-3(6)1-2-4(7)8;;;/h1-2H2,(H,5,6)(H,7,8);1H;;/q;;+1;-1. The minimum absolute atomic E-state index is 0. The smallest absolute Gasteiger partial charge is 1.00 e. The second-order valence-electron chi connectivity index (χ2n) is 1.29. The summed E-state index contributed by atoms with van der Waals surface area (Å²) >= 11 is 0. The summed E-state index contributed by atoms with van der Waals surface area (Å²) in [5.41, 5.74) is 0. The molecule has 0 rings (SSSR count). The van der Waals surface area contributed by atoms with Crippen LogP contribution in [0.1, 0.15) is 14.3 Å². The summed E-state index contributed by atoms with van der Waals surface area (Å²) in [7, 11) is 0. The van der Waals surface area contributed by atoms with Gasteiger partial charge in [0.15, 0.2) is 0 Å². The van der Waals surface area contributed by atoms with Crippen molar-refractivity contribution in [2.75, 3.05) is 0 Å². The van der Waals surface area contributed by atoms with Crippen molar-refractivity contribution in [1.82, 2.24) is 0 Å². The van der Waals surface area contributed by atoms with E-state index in [9.17, 15) is 9.59 Å². The number of hydrogen-bond acceptors (Lipinski definition) is 2. The molecule has 0 aromatic rings. The van der Waals surface area contributed by atoms with Crippen LogP contribution in [0, 0.1) is 0 Å². The van der Waals surface area contributed by atoms with Crippen LogP contribution >= 0.6 is 12.4 Å². The van der Waals surface area contributed by atoms with Gasteiger partial charge in [-0.15, -0.1) is 12.4 Å². The van der Waals surface area contributed by atoms with Crippen molar-refractivity contribution in [3.8, 4) is 0 Å². The second-order valence-corrected chi connectivity index (χ2v) is 1.29. The Balaban J connectivity index is -0.0000000817. The Bertz CT molecular complexity index is 107. The van der Waals surface area contributed by atoms with E-state index < -0.39 is 11.9 Å². The third kappa shape index (κ3) is 15.7. The molecule has 0 aromatic heterocycles. The van der Waals surface area contributed by atoms with Gasteiger partial charge in [-0.05, 0) is 0 Å². The van der Waals surface area contributed by atoms with Gasteiger partial charge in [0.2, 0.25) is 0 Å². The first-order chi connectivity index (χ1) is 3.63. The molecule has 0 amide bonds. The summed E-state index contributed by atoms with van der Waals surface area (Å²) in [6.07, 6.45) is -0.593. The number of halogens is 1. The van der Waals surface area contributed by atoms with Crippen LogP contribution in [-0.2, 0) is 9.59 Å². The van der Waals surface area contributed by atoms with Crippen molar-refractivity contribution in [2.45, 2.75) is 12.8 Å². The van der Waals surface area contributed by atoms with Gasteiger partial charge < -0.3 is 11.6 Å². The van der Waals surface area contributed by atoms with E-state index >= 15 is 0 Å². The largest absolute Gasteiger partial charge is 1.00 e. The third-order valence-corrected chi connectivity index (χ3v) is 0.553. The zero-order chi connectivity index (χ0) is 6.57. The molecule has 0 atom stereocenters. The molecule has 0 aliphatic heterocycles. The van der Waals surface area contributed by atoms with Gasteiger partial charge in [-0.25, -0.2) is 0 Å². The van der Waals surface area contributed by atoms with Gasteiger partial charge >= 0.3 is 30.8 Å². The van der Waals surface area contributed by atoms with Crippen LogP contribution < -0.4 is 18.9 Å². The monoisotopic (exact) mass is 162 g/mol. The maximum Gasteiger partial charge on any atom is 1.00 e. The van der Waals surface area contributed by atoms with E-state index in [1.54, 1.807) is 0 Å². The molecule has 0 bridgehead atoms. The van der Waals surface area contributed by atoms with Crippen molar-refractivity contribution in [1.29, 1.82) is 0 Å². The van der Waals surface area contributed by atoms with E-state index in [1.165, 1.54) is 0 Å². The van der Waals surface area contributed by atoms with Crippen LogP contribution in [-0.4, -0.2) is 22.2 Å². The van der Waals surface area contributed by atoms with E-state index in [-0.39, 0.29) is 45.5 Å². The van der Waals surface area contributed by atoms with E-state index in [0.29, 0.717) is 0 Å². The SMILES string of the molecule is Cl.O=C(O)CCC(=O)O.[H-].[Li+]. The summed E-state index contributed by atoms with van der Waals surface area (Å²) in [5, 5.41) is 15.8. The van der Waals surface area contributed by atoms with Gasteiger partial charge in [0.25, 0.3) is 0 Å². The van der Waals surface area contributed by atoms with Crippen LogP contribution in [0.4, 0.5) is 0 Å². The molecule has 0 fully saturated rings. The van der Waals surface area contributed by atoms with Crippen LogP contribution in [0.2, 0.25) is 0 Å². The predicted molar refractivity (Wildman–Crippen MR) is 32.9 cm³/mol. The molecule has 4 nitrogen and oxygen atoms in total. The van der Waals surface area contributed by atoms with Crippen molar-refractivity contribution in [2.24, 2.45) is 0 Å². The van der Waals surface area contributed by atoms with E-state index in [4.69, 9.17) is 10.2 Å². The molecular weight excluding hydrogens is 154 g/mol. The van der Waals surface area contributed by atoms with Crippen molar-refractivity contribution < 1.29 is 40.1 Å². The molecule has 0 radical (unpaired) electrons. The number of rotatable bonds is 3. The molecule has 10 heavy (non-hydrogen) atoms. The summed E-state index contributed by atoms with van der Waals surface area (Å²) in [6.45, 7) is 0. The first kappa shape index (κ1) is 16.4. The first-order valence-corrected chi connectivity index (χ1v) is 2.06. The maximum atomic E-state index is 9.64. The number of carboxylic acids is 2. The average Bonchev–Trinajstić information content (AvgIpc) is 1.61. The van der Waals surface area contributed by atoms with Gasteiger partial charge in [0.1, 0.15) is 0 Å². The number of carboxylic acid groups (broad SMARTS) is 2. The van der Waals surface area contributed by atoms with Crippen molar-refractivity contribution >= 4 is 24.3 Å². The molecule has 2 N–H and O–H groups in total. The minimum atomic E-state index is -1.08. The Labute approximate surface area is 77.7 Å². The van der Waals surface area contributed by atoms with Gasteiger partial charge in [-0.2, -0.15) is 0 Å². The molecule has 0 aliphatic carbocycles. The summed E-state index contributed by atoms with van der Waals surface area (Å²) in [5.74, 6) is -2.15. The van der Waals surface area contributed by atoms with Crippen molar-refractivity contribution in [3.63, 3.8) is 0 Å². The number of hydrogen-bond donors (Lipinski definition) is 2. The Morgan fingerprint density at radius 3 is 1.40 bits per heavy atom. The van der Waals surface area contributed by atoms with E-state index in [2.05, 4.69) is 0 Å². The molecule has 56 valence electrons. The first-order valence-electron chi connectivity index (χ1n) is 2.06. The molecule has 0 spiro atoms. The van der Waals surface area contributed by atoms with E-state index in [0.717, 1.165) is 0 Å². The topological polar surface area (TPSA) is 74.6 Å². The Kier molecular flexibility index (Phi) is 14.5. The fraction of sp³-hybridized carbons (Fsp3) is 0.500. The fourth-order valence-electron chi connectivity index (χ4n) is 0.214. The normalized spacial score (nSPS) is 6.80. The van der Waals surface area contributed by atoms with Gasteiger partial charge in [-0.1, -0.05) is 0 Å².